The first-order valence-corrected chi connectivity index (χ1v) is 16.3. The van der Waals surface area contributed by atoms with E-state index in [1.54, 1.807) is 7.11 Å². The monoisotopic (exact) mass is 415 g/mol. The van der Waals surface area contributed by atoms with Crippen LogP contribution < -0.4 is 14.0 Å². The average Bonchev–Trinajstić information content (AvgIpc) is 2.54. The topological polar surface area (TPSA) is 61.0 Å². The van der Waals surface area contributed by atoms with Crippen LogP contribution in [-0.2, 0) is 0 Å². The van der Waals surface area contributed by atoms with E-state index in [0.717, 1.165) is 5.88 Å². The van der Waals surface area contributed by atoms with Crippen molar-refractivity contribution in [3.05, 3.63) is 6.20 Å². The van der Waals surface area contributed by atoms with Crippen LogP contribution in [0.4, 0.5) is 5.95 Å². The van der Waals surface area contributed by atoms with Crippen molar-refractivity contribution >= 4 is 27.9 Å². The molecule has 0 bridgehead atoms. The summed E-state index contributed by atoms with van der Waals surface area (Å²) in [6.07, 6.45) is 9.72. The van der Waals surface area contributed by atoms with Crippen molar-refractivity contribution in [3.63, 3.8) is 0 Å². The number of hydrogen-bond donors (Lipinski definition) is 1. The first kappa shape index (κ1) is 19.5. The summed E-state index contributed by atoms with van der Waals surface area (Å²) in [5.74, 6) is 1.08. The predicted octanol–water partition coefficient (Wildman–Crippen LogP) is 4.12. The molecule has 1 aromatic rings. The van der Waals surface area contributed by atoms with E-state index in [9.17, 15) is 0 Å². The molecule has 0 atom stereocenters. The standard InChI is InChI=1S/C5H6N3O.3C4H9.Sn/c1-9-4-2-3-7-5(6)8-4;3*1-3-4-2;/h3H,1H3,(H2,6,7,8);3*1,3-4H2,2H3;. The van der Waals surface area contributed by atoms with Crippen LogP contribution in [0, 0.1) is 0 Å². The van der Waals surface area contributed by atoms with Gasteiger partial charge in [-0.25, -0.2) is 0 Å². The van der Waals surface area contributed by atoms with Crippen LogP contribution in [0.15, 0.2) is 6.20 Å². The maximum absolute atomic E-state index is 5.77. The van der Waals surface area contributed by atoms with Gasteiger partial charge in [0.15, 0.2) is 0 Å². The molecule has 0 spiro atoms. The van der Waals surface area contributed by atoms with Gasteiger partial charge >= 0.3 is 140 Å². The number of unbranched alkanes of at least 4 members (excludes halogenated alkanes) is 3. The Hall–Kier alpha value is -0.521. The van der Waals surface area contributed by atoms with E-state index in [0.29, 0.717) is 5.95 Å². The van der Waals surface area contributed by atoms with Gasteiger partial charge in [0.05, 0.1) is 0 Å². The number of aromatic nitrogens is 2. The average molecular weight is 414 g/mol. The van der Waals surface area contributed by atoms with Crippen LogP contribution in [-0.4, -0.2) is 35.5 Å². The summed E-state index contributed by atoms with van der Waals surface area (Å²) in [5.41, 5.74) is 5.77. The molecule has 0 saturated heterocycles. The second kappa shape index (κ2) is 10.3. The van der Waals surface area contributed by atoms with Crippen molar-refractivity contribution in [2.45, 2.75) is 72.6 Å². The Labute approximate surface area is 140 Å². The number of nitrogens with zero attached hydrogens (tertiary/aromatic N) is 2. The van der Waals surface area contributed by atoms with Gasteiger partial charge in [0.25, 0.3) is 0 Å². The van der Waals surface area contributed by atoms with E-state index >= 15 is 0 Å². The molecule has 0 aliphatic carbocycles. The van der Waals surface area contributed by atoms with Crippen molar-refractivity contribution in [2.24, 2.45) is 0 Å². The van der Waals surface area contributed by atoms with Crippen LogP contribution in [0.2, 0.25) is 13.3 Å². The fraction of sp³-hybridized carbons (Fsp3) is 0.765. The summed E-state index contributed by atoms with van der Waals surface area (Å²) < 4.78 is 11.1. The molecule has 22 heavy (non-hydrogen) atoms. The molecule has 1 aromatic heterocycles. The fourth-order valence-electron chi connectivity index (χ4n) is 3.22. The van der Waals surface area contributed by atoms with Crippen LogP contribution in [0.1, 0.15) is 59.3 Å². The molecule has 0 amide bonds. The normalized spacial score (nSPS) is 11.6. The second-order valence-corrected chi connectivity index (χ2v) is 19.4. The zero-order valence-electron chi connectivity index (χ0n) is 14.8. The van der Waals surface area contributed by atoms with Gasteiger partial charge in [-0.3, -0.25) is 0 Å². The van der Waals surface area contributed by atoms with Gasteiger partial charge in [-0.05, 0) is 0 Å². The molecule has 1 rings (SSSR count). The van der Waals surface area contributed by atoms with Gasteiger partial charge in [-0.1, -0.05) is 0 Å². The molecule has 0 saturated carbocycles. The number of anilines is 1. The maximum atomic E-state index is 5.77. The third-order valence-corrected chi connectivity index (χ3v) is 20.0. The van der Waals surface area contributed by atoms with Crippen molar-refractivity contribution in [1.29, 1.82) is 0 Å². The molecule has 0 aromatic carbocycles. The fourth-order valence-corrected chi connectivity index (χ4v) is 19.2. The number of ether oxygens (including phenoxy) is 1. The molecule has 0 fully saturated rings. The summed E-state index contributed by atoms with van der Waals surface area (Å²) in [6, 6.07) is 0. The molecule has 0 radical (unpaired) electrons. The first-order chi connectivity index (χ1) is 10.6. The van der Waals surface area contributed by atoms with Crippen LogP contribution in [0.5, 0.6) is 5.88 Å². The molecule has 126 valence electrons. The van der Waals surface area contributed by atoms with E-state index < -0.39 is 18.4 Å². The molecular formula is C17H33N3OSn. The summed E-state index contributed by atoms with van der Waals surface area (Å²) in [7, 11) is 1.71. The van der Waals surface area contributed by atoms with Crippen molar-refractivity contribution in [3.8, 4) is 5.88 Å². The van der Waals surface area contributed by atoms with E-state index in [4.69, 9.17) is 10.5 Å². The Kier molecular flexibility index (Phi) is 9.13. The van der Waals surface area contributed by atoms with Crippen molar-refractivity contribution < 1.29 is 4.74 Å². The Morgan fingerprint density at radius 1 is 1.00 bits per heavy atom. The molecule has 4 nitrogen and oxygen atoms in total. The molecule has 0 aliphatic rings. The second-order valence-electron chi connectivity index (χ2n) is 6.24. The summed E-state index contributed by atoms with van der Waals surface area (Å²) in [4.78, 5) is 8.70. The molecular weight excluding hydrogens is 381 g/mol. The van der Waals surface area contributed by atoms with Gasteiger partial charge in [0.1, 0.15) is 0 Å². The van der Waals surface area contributed by atoms with Gasteiger partial charge < -0.3 is 0 Å². The van der Waals surface area contributed by atoms with E-state index in [1.165, 1.54) is 55.4 Å². The number of methoxy groups -OCH3 is 1. The summed E-state index contributed by atoms with van der Waals surface area (Å²) >= 11 is -2.53. The van der Waals surface area contributed by atoms with E-state index in [1.807, 2.05) is 6.20 Å². The Bertz CT molecular complexity index is 418. The van der Waals surface area contributed by atoms with Gasteiger partial charge in [-0.2, -0.15) is 0 Å². The number of nitrogen functional groups attached to an aromatic ring is 1. The number of hydrogen-bond acceptors (Lipinski definition) is 4. The van der Waals surface area contributed by atoms with E-state index in [2.05, 4.69) is 30.7 Å². The van der Waals surface area contributed by atoms with Crippen LogP contribution in [0.3, 0.4) is 0 Å². The minimum absolute atomic E-state index is 0.322. The Morgan fingerprint density at radius 2 is 1.50 bits per heavy atom. The molecule has 2 N–H and O–H groups in total. The molecule has 1 heterocycles. The molecule has 5 heteroatoms. The molecule has 0 aliphatic heterocycles. The summed E-state index contributed by atoms with van der Waals surface area (Å²) in [6.45, 7) is 6.85. The zero-order chi connectivity index (χ0) is 16.4. The Balaban J connectivity index is 3.24. The quantitative estimate of drug-likeness (QED) is 0.554. The van der Waals surface area contributed by atoms with Crippen LogP contribution >= 0.6 is 0 Å². The third kappa shape index (κ3) is 5.28. The van der Waals surface area contributed by atoms with Crippen LogP contribution in [0.25, 0.3) is 0 Å². The minimum atomic E-state index is -2.53. The summed E-state index contributed by atoms with van der Waals surface area (Å²) in [5, 5.41) is 0. The zero-order valence-corrected chi connectivity index (χ0v) is 17.7. The van der Waals surface area contributed by atoms with Gasteiger partial charge in [0, 0.05) is 0 Å². The first-order valence-electron chi connectivity index (χ1n) is 8.80. The number of nitrogens with two attached hydrogens (primary N) is 1. The van der Waals surface area contributed by atoms with E-state index in [-0.39, 0.29) is 0 Å². The molecule has 0 unspecified atom stereocenters. The van der Waals surface area contributed by atoms with Crippen molar-refractivity contribution in [2.75, 3.05) is 12.8 Å². The SMILES string of the molecule is CCC[CH2][Sn]([CH2]CCC)([CH2]CCC)[c]1cnc(N)nc1OC. The Morgan fingerprint density at radius 3 is 1.91 bits per heavy atom. The van der Waals surface area contributed by atoms with Gasteiger partial charge in [0.2, 0.25) is 0 Å². The predicted molar refractivity (Wildman–Crippen MR) is 97.5 cm³/mol. The number of rotatable bonds is 11. The third-order valence-electron chi connectivity index (χ3n) is 4.56. The van der Waals surface area contributed by atoms with Gasteiger partial charge in [-0.15, -0.1) is 0 Å². The van der Waals surface area contributed by atoms with Crippen molar-refractivity contribution in [1.82, 2.24) is 9.97 Å².